The fourth-order valence-corrected chi connectivity index (χ4v) is 2.20. The molecule has 0 amide bonds. The second-order valence-electron chi connectivity index (χ2n) is 5.12. The van der Waals surface area contributed by atoms with Gasteiger partial charge in [-0.2, -0.15) is 0 Å². The molecule has 0 radical (unpaired) electrons. The Morgan fingerprint density at radius 1 is 1.10 bits per heavy atom. The normalized spacial score (nSPS) is 11.8. The molecule has 0 aliphatic rings. The molecule has 0 aliphatic heterocycles. The number of rotatable bonds is 5. The summed E-state index contributed by atoms with van der Waals surface area (Å²) in [7, 11) is 3.97. The van der Waals surface area contributed by atoms with Crippen LogP contribution < -0.4 is 10.2 Å². The maximum absolute atomic E-state index is 11.1. The van der Waals surface area contributed by atoms with Gasteiger partial charge in [-0.25, -0.2) is 0 Å². The van der Waals surface area contributed by atoms with E-state index < -0.39 is 0 Å². The van der Waals surface area contributed by atoms with Crippen molar-refractivity contribution in [1.29, 1.82) is 0 Å². The SMILES string of the molecule is CC(Nc1ccc(N(C)C)cc1)c1ccccc1[N+](=O)[O-]. The number of hydrogen-bond donors (Lipinski definition) is 1. The molecule has 1 atom stereocenters. The first-order chi connectivity index (χ1) is 9.99. The van der Waals surface area contributed by atoms with Crippen molar-refractivity contribution in [3.63, 3.8) is 0 Å². The lowest BCUT2D eigenvalue weighted by molar-refractivity contribution is -0.385. The number of nitrogens with zero attached hydrogens (tertiary/aromatic N) is 2. The Hall–Kier alpha value is -2.56. The third kappa shape index (κ3) is 3.51. The van der Waals surface area contributed by atoms with E-state index in [9.17, 15) is 10.1 Å². The van der Waals surface area contributed by atoms with Crippen LogP contribution in [0.2, 0.25) is 0 Å². The summed E-state index contributed by atoms with van der Waals surface area (Å²) in [6.45, 7) is 1.92. The van der Waals surface area contributed by atoms with Crippen LogP contribution >= 0.6 is 0 Å². The van der Waals surface area contributed by atoms with E-state index in [0.29, 0.717) is 5.56 Å². The van der Waals surface area contributed by atoms with Crippen molar-refractivity contribution in [3.05, 3.63) is 64.2 Å². The highest BCUT2D eigenvalue weighted by Crippen LogP contribution is 2.27. The van der Waals surface area contributed by atoms with Gasteiger partial charge in [0.1, 0.15) is 0 Å². The van der Waals surface area contributed by atoms with Crippen molar-refractivity contribution in [2.45, 2.75) is 13.0 Å². The number of anilines is 2. The maximum Gasteiger partial charge on any atom is 0.274 e. The molecule has 21 heavy (non-hydrogen) atoms. The van der Waals surface area contributed by atoms with E-state index in [0.717, 1.165) is 11.4 Å². The van der Waals surface area contributed by atoms with Gasteiger partial charge >= 0.3 is 0 Å². The molecule has 0 bridgehead atoms. The minimum absolute atomic E-state index is 0.141. The number of hydrogen-bond acceptors (Lipinski definition) is 4. The predicted molar refractivity (Wildman–Crippen MR) is 85.9 cm³/mol. The van der Waals surface area contributed by atoms with Gasteiger partial charge < -0.3 is 10.2 Å². The Bertz CT molecular complexity index is 624. The lowest BCUT2D eigenvalue weighted by Gasteiger charge is -2.17. The molecule has 0 aliphatic carbocycles. The first-order valence-electron chi connectivity index (χ1n) is 6.76. The molecule has 5 nitrogen and oxygen atoms in total. The Morgan fingerprint density at radius 3 is 2.29 bits per heavy atom. The maximum atomic E-state index is 11.1. The van der Waals surface area contributed by atoms with E-state index in [1.54, 1.807) is 12.1 Å². The van der Waals surface area contributed by atoms with Crippen LogP contribution in [-0.2, 0) is 0 Å². The molecular formula is C16H19N3O2. The Labute approximate surface area is 124 Å². The van der Waals surface area contributed by atoms with Gasteiger partial charge in [0.25, 0.3) is 5.69 Å². The van der Waals surface area contributed by atoms with E-state index in [4.69, 9.17) is 0 Å². The monoisotopic (exact) mass is 285 g/mol. The van der Waals surface area contributed by atoms with Crippen molar-refractivity contribution >= 4 is 17.1 Å². The van der Waals surface area contributed by atoms with Crippen LogP contribution in [0.5, 0.6) is 0 Å². The van der Waals surface area contributed by atoms with Crippen molar-refractivity contribution in [1.82, 2.24) is 0 Å². The van der Waals surface area contributed by atoms with Gasteiger partial charge in [-0.05, 0) is 31.2 Å². The molecule has 2 aromatic carbocycles. The molecule has 0 spiro atoms. The zero-order chi connectivity index (χ0) is 15.4. The third-order valence-electron chi connectivity index (χ3n) is 3.37. The van der Waals surface area contributed by atoms with E-state index in [2.05, 4.69) is 5.32 Å². The smallest absolute Gasteiger partial charge is 0.274 e. The summed E-state index contributed by atoms with van der Waals surface area (Å²) >= 11 is 0. The van der Waals surface area contributed by atoms with E-state index in [-0.39, 0.29) is 16.7 Å². The Kier molecular flexibility index (Phi) is 4.42. The average Bonchev–Trinajstić information content (AvgIpc) is 2.47. The second-order valence-corrected chi connectivity index (χ2v) is 5.12. The van der Waals surface area contributed by atoms with Crippen molar-refractivity contribution in [3.8, 4) is 0 Å². The summed E-state index contributed by atoms with van der Waals surface area (Å²) in [6.07, 6.45) is 0. The summed E-state index contributed by atoms with van der Waals surface area (Å²) in [4.78, 5) is 12.7. The van der Waals surface area contributed by atoms with Crippen LogP contribution in [-0.4, -0.2) is 19.0 Å². The van der Waals surface area contributed by atoms with Gasteiger partial charge in [0.05, 0.1) is 16.5 Å². The molecule has 0 saturated heterocycles. The number of nitrogens with one attached hydrogen (secondary N) is 1. The van der Waals surface area contributed by atoms with Gasteiger partial charge in [-0.3, -0.25) is 10.1 Å². The molecule has 110 valence electrons. The zero-order valence-corrected chi connectivity index (χ0v) is 12.4. The van der Waals surface area contributed by atoms with Crippen LogP contribution in [0.4, 0.5) is 17.1 Å². The fourth-order valence-electron chi connectivity index (χ4n) is 2.20. The molecule has 0 aromatic heterocycles. The average molecular weight is 285 g/mol. The molecule has 5 heteroatoms. The molecule has 2 aromatic rings. The first-order valence-corrected chi connectivity index (χ1v) is 6.76. The molecule has 0 heterocycles. The molecular weight excluding hydrogens is 266 g/mol. The summed E-state index contributed by atoms with van der Waals surface area (Å²) < 4.78 is 0. The van der Waals surface area contributed by atoms with Crippen LogP contribution in [0.1, 0.15) is 18.5 Å². The highest BCUT2D eigenvalue weighted by atomic mass is 16.6. The minimum atomic E-state index is -0.345. The number of nitro groups is 1. The van der Waals surface area contributed by atoms with Gasteiger partial charge in [0, 0.05) is 31.5 Å². The topological polar surface area (TPSA) is 58.4 Å². The molecule has 0 saturated carbocycles. The van der Waals surface area contributed by atoms with Crippen molar-refractivity contribution in [2.75, 3.05) is 24.3 Å². The van der Waals surface area contributed by atoms with Crippen LogP contribution in [0.3, 0.4) is 0 Å². The predicted octanol–water partition coefficient (Wildman–Crippen LogP) is 3.83. The number of para-hydroxylation sites is 1. The van der Waals surface area contributed by atoms with Crippen molar-refractivity contribution < 1.29 is 4.92 Å². The fraction of sp³-hybridized carbons (Fsp3) is 0.250. The number of benzene rings is 2. The third-order valence-corrected chi connectivity index (χ3v) is 3.37. The lowest BCUT2D eigenvalue weighted by atomic mass is 10.1. The molecule has 2 rings (SSSR count). The minimum Gasteiger partial charge on any atom is -0.378 e. The Morgan fingerprint density at radius 2 is 1.71 bits per heavy atom. The summed E-state index contributed by atoms with van der Waals surface area (Å²) in [6, 6.07) is 14.6. The van der Waals surface area contributed by atoms with Crippen LogP contribution in [0.15, 0.2) is 48.5 Å². The van der Waals surface area contributed by atoms with Gasteiger partial charge in [0.15, 0.2) is 0 Å². The quantitative estimate of drug-likeness (QED) is 0.670. The van der Waals surface area contributed by atoms with Crippen LogP contribution in [0, 0.1) is 10.1 Å². The Balaban J connectivity index is 2.18. The summed E-state index contributed by atoms with van der Waals surface area (Å²) in [5.74, 6) is 0. The van der Waals surface area contributed by atoms with Gasteiger partial charge in [-0.15, -0.1) is 0 Å². The largest absolute Gasteiger partial charge is 0.378 e. The highest BCUT2D eigenvalue weighted by Gasteiger charge is 2.17. The van der Waals surface area contributed by atoms with Crippen molar-refractivity contribution in [2.24, 2.45) is 0 Å². The van der Waals surface area contributed by atoms with Gasteiger partial charge in [0.2, 0.25) is 0 Å². The highest BCUT2D eigenvalue weighted by molar-refractivity contribution is 5.56. The van der Waals surface area contributed by atoms with Crippen LogP contribution in [0.25, 0.3) is 0 Å². The standard InChI is InChI=1S/C16H19N3O2/c1-12(15-6-4-5-7-16(15)19(20)21)17-13-8-10-14(11-9-13)18(2)3/h4-12,17H,1-3H3. The lowest BCUT2D eigenvalue weighted by Crippen LogP contribution is -2.10. The number of nitro benzene ring substituents is 1. The first kappa shape index (κ1) is 14.8. The molecule has 1 unspecified atom stereocenters. The summed E-state index contributed by atoms with van der Waals surface area (Å²) in [5.41, 5.74) is 2.87. The zero-order valence-electron chi connectivity index (χ0n) is 12.4. The van der Waals surface area contributed by atoms with E-state index in [1.807, 2.05) is 56.3 Å². The summed E-state index contributed by atoms with van der Waals surface area (Å²) in [5, 5.41) is 14.4. The van der Waals surface area contributed by atoms with E-state index >= 15 is 0 Å². The second kappa shape index (κ2) is 6.26. The molecule has 0 fully saturated rings. The van der Waals surface area contributed by atoms with Gasteiger partial charge in [-0.1, -0.05) is 18.2 Å². The van der Waals surface area contributed by atoms with E-state index in [1.165, 1.54) is 6.07 Å². The molecule has 1 N–H and O–H groups in total.